The number of hydrogen-bond donors (Lipinski definition) is 3. The Bertz CT molecular complexity index is 1480. The lowest BCUT2D eigenvalue weighted by atomic mass is 9.86. The van der Waals surface area contributed by atoms with Gasteiger partial charge in [-0.05, 0) is 54.0 Å². The van der Waals surface area contributed by atoms with Gasteiger partial charge in [0.05, 0.1) is 27.4 Å². The molecule has 2 unspecified atom stereocenters. The maximum absolute atomic E-state index is 16.2. The summed E-state index contributed by atoms with van der Waals surface area (Å²) >= 11 is 1.41. The van der Waals surface area contributed by atoms with Gasteiger partial charge in [0.2, 0.25) is 0 Å². The number of carboxylic acids is 1. The summed E-state index contributed by atoms with van der Waals surface area (Å²) in [6.07, 6.45) is 1.41. The number of aliphatic carboxylic acids is 1. The fraction of sp³-hybridized carbons (Fsp3) is 0.276. The molecule has 0 spiro atoms. The molecule has 1 saturated carbocycles. The number of Topliss-reactive ketones (excluding diaryl/α,β-unsaturated/α-hetero) is 1. The topological polar surface area (TPSA) is 105 Å². The number of nitrogens with two attached hydrogens (primary N) is 1. The Balaban J connectivity index is 1.59. The minimum Gasteiger partial charge on any atom is -0.480 e. The molecule has 1 aliphatic carbocycles. The van der Waals surface area contributed by atoms with E-state index in [1.165, 1.54) is 23.0 Å². The Morgan fingerprint density at radius 3 is 2.49 bits per heavy atom. The molecule has 1 heterocycles. The van der Waals surface area contributed by atoms with Crippen LogP contribution in [0.3, 0.4) is 0 Å². The number of nitrogens with one attached hydrogen (secondary N) is 1. The molecule has 8 heteroatoms. The van der Waals surface area contributed by atoms with Crippen molar-refractivity contribution in [2.45, 2.75) is 38.6 Å². The van der Waals surface area contributed by atoms with E-state index in [4.69, 9.17) is 5.73 Å². The van der Waals surface area contributed by atoms with Gasteiger partial charge in [0, 0.05) is 5.56 Å². The summed E-state index contributed by atoms with van der Waals surface area (Å²) < 4.78 is 17.2. The summed E-state index contributed by atoms with van der Waals surface area (Å²) in [5.74, 6) is -3.34. The summed E-state index contributed by atoms with van der Waals surface area (Å²) in [7, 11) is 0. The van der Waals surface area contributed by atoms with Gasteiger partial charge in [-0.3, -0.25) is 9.59 Å². The highest BCUT2D eigenvalue weighted by Gasteiger charge is 2.44. The summed E-state index contributed by atoms with van der Waals surface area (Å²) in [5.41, 5.74) is 9.17. The fourth-order valence-electron chi connectivity index (χ4n) is 4.67. The van der Waals surface area contributed by atoms with Crippen LogP contribution in [0.1, 0.15) is 48.5 Å². The van der Waals surface area contributed by atoms with E-state index in [0.29, 0.717) is 29.5 Å². The predicted molar refractivity (Wildman–Crippen MR) is 145 cm³/mol. The maximum atomic E-state index is 16.2. The molecule has 37 heavy (non-hydrogen) atoms. The maximum Gasteiger partial charge on any atom is 0.321 e. The van der Waals surface area contributed by atoms with Crippen LogP contribution >= 0.6 is 11.3 Å². The number of carbonyl (C=O) groups is 2. The van der Waals surface area contributed by atoms with Crippen LogP contribution in [0, 0.1) is 17.7 Å². The van der Waals surface area contributed by atoms with E-state index in [1.807, 2.05) is 42.5 Å². The minimum atomic E-state index is -1.39. The van der Waals surface area contributed by atoms with Gasteiger partial charge in [-0.1, -0.05) is 67.6 Å². The number of aromatic nitrogens is 1. The highest BCUT2D eigenvalue weighted by molar-refractivity contribution is 7.22. The van der Waals surface area contributed by atoms with Crippen LogP contribution in [-0.4, -0.2) is 27.9 Å². The van der Waals surface area contributed by atoms with E-state index < -0.39 is 29.5 Å². The van der Waals surface area contributed by atoms with Gasteiger partial charge in [-0.2, -0.15) is 0 Å². The molecule has 2 atom stereocenters. The van der Waals surface area contributed by atoms with Gasteiger partial charge in [0.25, 0.3) is 0 Å². The van der Waals surface area contributed by atoms with E-state index >= 15 is 4.39 Å². The van der Waals surface area contributed by atoms with Gasteiger partial charge >= 0.3 is 5.97 Å². The third kappa shape index (κ3) is 4.99. The molecule has 0 amide bonds. The van der Waals surface area contributed by atoms with Crippen LogP contribution in [0.2, 0.25) is 0 Å². The fourth-order valence-corrected chi connectivity index (χ4v) is 5.59. The molecule has 3 aromatic carbocycles. The third-order valence-electron chi connectivity index (χ3n) is 6.91. The molecule has 1 aliphatic rings. The van der Waals surface area contributed by atoms with E-state index in [1.54, 1.807) is 6.07 Å². The first kappa shape index (κ1) is 25.0. The molecule has 0 aliphatic heterocycles. The molecule has 0 saturated heterocycles. The van der Waals surface area contributed by atoms with Gasteiger partial charge < -0.3 is 16.2 Å². The van der Waals surface area contributed by atoms with Gasteiger partial charge in [-0.25, -0.2) is 9.37 Å². The Labute approximate surface area is 218 Å². The van der Waals surface area contributed by atoms with Crippen LogP contribution in [0.25, 0.3) is 21.3 Å². The zero-order chi connectivity index (χ0) is 26.3. The van der Waals surface area contributed by atoms with Gasteiger partial charge in [-0.15, -0.1) is 0 Å². The first-order valence-electron chi connectivity index (χ1n) is 12.3. The van der Waals surface area contributed by atoms with E-state index in [2.05, 4.69) is 30.2 Å². The average Bonchev–Trinajstić information content (AvgIpc) is 3.63. The van der Waals surface area contributed by atoms with Gasteiger partial charge in [0.1, 0.15) is 6.04 Å². The van der Waals surface area contributed by atoms with Crippen molar-refractivity contribution in [1.82, 2.24) is 4.98 Å². The molecule has 1 fully saturated rings. The first-order chi connectivity index (χ1) is 17.7. The highest BCUT2D eigenvalue weighted by Crippen LogP contribution is 2.42. The normalized spacial score (nSPS) is 15.1. The van der Waals surface area contributed by atoms with Crippen LogP contribution in [0.5, 0.6) is 0 Å². The SMILES string of the molecule is CC(C)c1ccc2nc(Nc3c(-c4ccccc4)ccc(C(=O)C(C4CC4)C(N)C(=O)O)c3F)sc2c1. The number of carboxylic acid groups (broad SMARTS) is 1. The zero-order valence-corrected chi connectivity index (χ0v) is 21.4. The molecular weight excluding hydrogens is 489 g/mol. The van der Waals surface area contributed by atoms with Crippen molar-refractivity contribution in [3.8, 4) is 11.1 Å². The lowest BCUT2D eigenvalue weighted by molar-refractivity contribution is -0.139. The second-order valence-corrected chi connectivity index (χ2v) is 10.9. The van der Waals surface area contributed by atoms with E-state index in [0.717, 1.165) is 15.8 Å². The van der Waals surface area contributed by atoms with Crippen molar-refractivity contribution in [3.63, 3.8) is 0 Å². The van der Waals surface area contributed by atoms with Crippen LogP contribution in [-0.2, 0) is 4.79 Å². The number of anilines is 2. The van der Waals surface area contributed by atoms with Gasteiger partial charge in [0.15, 0.2) is 16.7 Å². The predicted octanol–water partition coefficient (Wildman–Crippen LogP) is 6.59. The molecular formula is C29H28FN3O3S. The average molecular weight is 518 g/mol. The number of thiazole rings is 1. The highest BCUT2D eigenvalue weighted by atomic mass is 32.1. The number of halogens is 1. The molecule has 5 rings (SSSR count). The number of ketones is 1. The number of nitrogens with zero attached hydrogens (tertiary/aromatic N) is 1. The van der Waals surface area contributed by atoms with Crippen molar-refractivity contribution in [1.29, 1.82) is 0 Å². The second-order valence-electron chi connectivity index (χ2n) is 9.83. The molecule has 4 N–H and O–H groups in total. The van der Waals surface area contributed by atoms with E-state index in [-0.39, 0.29) is 17.2 Å². The minimum absolute atomic E-state index is 0.124. The molecule has 0 bridgehead atoms. The molecule has 6 nitrogen and oxygen atoms in total. The zero-order valence-electron chi connectivity index (χ0n) is 20.6. The lowest BCUT2D eigenvalue weighted by Gasteiger charge is -2.21. The third-order valence-corrected chi connectivity index (χ3v) is 7.84. The summed E-state index contributed by atoms with van der Waals surface area (Å²) in [6.45, 7) is 4.24. The number of carbonyl (C=O) groups excluding carboxylic acids is 1. The molecule has 0 radical (unpaired) electrons. The van der Waals surface area contributed by atoms with Crippen molar-refractivity contribution >= 4 is 44.1 Å². The van der Waals surface area contributed by atoms with Crippen molar-refractivity contribution in [3.05, 3.63) is 77.6 Å². The summed E-state index contributed by atoms with van der Waals surface area (Å²) in [5, 5.41) is 13.1. The number of fused-ring (bicyclic) bond motifs is 1. The number of rotatable bonds is 9. The Kier molecular flexibility index (Phi) is 6.79. The summed E-state index contributed by atoms with van der Waals surface area (Å²) in [4.78, 5) is 29.7. The standard InChI is InChI=1S/C29H28FN3O3S/c1-15(2)18-10-13-21-22(14-18)37-29(32-21)33-26-19(16-6-4-3-5-7-16)11-12-20(24(26)30)27(34)23(17-8-9-17)25(31)28(35)36/h3-7,10-15,17,23,25H,8-9,31H2,1-2H3,(H,32,33)(H,35,36). The van der Waals surface area contributed by atoms with Crippen LogP contribution < -0.4 is 11.1 Å². The molecule has 4 aromatic rings. The quantitative estimate of drug-likeness (QED) is 0.216. The smallest absolute Gasteiger partial charge is 0.321 e. The Morgan fingerprint density at radius 2 is 1.84 bits per heavy atom. The second kappa shape index (κ2) is 10.0. The van der Waals surface area contributed by atoms with Crippen molar-refractivity contribution in [2.24, 2.45) is 17.6 Å². The largest absolute Gasteiger partial charge is 0.480 e. The number of benzene rings is 3. The first-order valence-corrected chi connectivity index (χ1v) is 13.1. The van der Waals surface area contributed by atoms with E-state index in [9.17, 15) is 14.7 Å². The summed E-state index contributed by atoms with van der Waals surface area (Å²) in [6, 6.07) is 17.1. The van der Waals surface area contributed by atoms with Crippen molar-refractivity contribution in [2.75, 3.05) is 5.32 Å². The molecule has 190 valence electrons. The van der Waals surface area contributed by atoms with Crippen molar-refractivity contribution < 1.29 is 19.1 Å². The lowest BCUT2D eigenvalue weighted by Crippen LogP contribution is -2.43. The van der Waals surface area contributed by atoms with Crippen LogP contribution in [0.15, 0.2) is 60.7 Å². The molecule has 1 aromatic heterocycles. The monoisotopic (exact) mass is 517 g/mol. The Morgan fingerprint density at radius 1 is 1.11 bits per heavy atom. The Hall–Kier alpha value is -3.62. The number of hydrogen-bond acceptors (Lipinski definition) is 6. The van der Waals surface area contributed by atoms with Crippen LogP contribution in [0.4, 0.5) is 15.2 Å².